The van der Waals surface area contributed by atoms with Gasteiger partial charge in [-0.1, -0.05) is 146 Å². The van der Waals surface area contributed by atoms with Crippen LogP contribution in [0.4, 0.5) is 0 Å². The summed E-state index contributed by atoms with van der Waals surface area (Å²) in [5.41, 5.74) is 13.8. The molecule has 0 aliphatic heterocycles. The fraction of sp³-hybridized carbons (Fsp3) is 0.0233. The molecule has 10 rings (SSSR count). The number of fused-ring (bicyclic) bond motifs is 12. The average Bonchev–Trinajstić information content (AvgIpc) is 3.76. The average molecular weight is 603 g/mol. The fourth-order valence-corrected chi connectivity index (χ4v) is 9.31. The van der Waals surface area contributed by atoms with E-state index in [1.807, 2.05) is 23.5 Å². The summed E-state index contributed by atoms with van der Waals surface area (Å²) in [5.74, 6) is 0.742. The van der Waals surface area contributed by atoms with Crippen molar-refractivity contribution in [3.63, 3.8) is 0 Å². The molecule has 1 atom stereocenters. The van der Waals surface area contributed by atoms with Crippen LogP contribution in [0.25, 0.3) is 66.2 Å². The number of rotatable bonds is 3. The van der Waals surface area contributed by atoms with Crippen molar-refractivity contribution < 1.29 is 0 Å². The number of benzene rings is 6. The second-order valence-electron chi connectivity index (χ2n) is 12.1. The van der Waals surface area contributed by atoms with Gasteiger partial charge in [-0.05, 0) is 45.5 Å². The number of hydrogen-bond acceptors (Lipinski definition) is 3. The molecule has 1 spiro atoms. The first kappa shape index (κ1) is 25.7. The molecular weight excluding hydrogens is 577 g/mol. The Balaban J connectivity index is 1.30. The first-order valence-electron chi connectivity index (χ1n) is 15.7. The van der Waals surface area contributed by atoms with Gasteiger partial charge in [0.15, 0.2) is 5.82 Å². The van der Waals surface area contributed by atoms with Gasteiger partial charge in [0.25, 0.3) is 0 Å². The number of hydrogen-bond donors (Lipinski definition) is 0. The Kier molecular flexibility index (Phi) is 5.40. The minimum atomic E-state index is -0.406. The van der Waals surface area contributed by atoms with E-state index >= 15 is 0 Å². The second-order valence-corrected chi connectivity index (χ2v) is 13.1. The van der Waals surface area contributed by atoms with E-state index in [-0.39, 0.29) is 0 Å². The minimum Gasteiger partial charge on any atom is -0.228 e. The largest absolute Gasteiger partial charge is 0.228 e. The first-order valence-corrected chi connectivity index (χ1v) is 16.5. The van der Waals surface area contributed by atoms with E-state index in [0.717, 1.165) is 33.9 Å². The van der Waals surface area contributed by atoms with Crippen molar-refractivity contribution in [3.05, 3.63) is 179 Å². The minimum absolute atomic E-state index is 0.406. The molecule has 0 radical (unpaired) electrons. The van der Waals surface area contributed by atoms with Gasteiger partial charge in [0, 0.05) is 37.2 Å². The maximum Gasteiger partial charge on any atom is 0.161 e. The van der Waals surface area contributed by atoms with Gasteiger partial charge in [0.1, 0.15) is 0 Å². The molecule has 0 bridgehead atoms. The van der Waals surface area contributed by atoms with Crippen molar-refractivity contribution in [1.29, 1.82) is 0 Å². The van der Waals surface area contributed by atoms with Crippen LogP contribution in [0.3, 0.4) is 0 Å². The lowest BCUT2D eigenvalue weighted by atomic mass is 9.74. The highest BCUT2D eigenvalue weighted by atomic mass is 32.1. The highest BCUT2D eigenvalue weighted by molar-refractivity contribution is 7.20. The predicted octanol–water partition coefficient (Wildman–Crippen LogP) is 11.0. The molecule has 8 aromatic rings. The summed E-state index contributed by atoms with van der Waals surface area (Å²) in [4.78, 5) is 12.0. The topological polar surface area (TPSA) is 25.8 Å². The van der Waals surface area contributed by atoms with E-state index in [1.54, 1.807) is 0 Å². The van der Waals surface area contributed by atoms with Crippen LogP contribution in [0.5, 0.6) is 0 Å². The highest BCUT2D eigenvalue weighted by Crippen LogP contribution is 2.66. The maximum atomic E-state index is 5.28. The summed E-state index contributed by atoms with van der Waals surface area (Å²) >= 11 is 1.94. The summed E-state index contributed by atoms with van der Waals surface area (Å²) in [7, 11) is 0. The van der Waals surface area contributed by atoms with Crippen molar-refractivity contribution in [3.8, 4) is 56.2 Å². The molecule has 0 saturated heterocycles. The van der Waals surface area contributed by atoms with Crippen LogP contribution < -0.4 is 0 Å². The van der Waals surface area contributed by atoms with Gasteiger partial charge < -0.3 is 0 Å². The van der Waals surface area contributed by atoms with Crippen LogP contribution in [0, 0.1) is 0 Å². The molecule has 2 heterocycles. The van der Waals surface area contributed by atoms with Gasteiger partial charge in [-0.15, -0.1) is 11.3 Å². The van der Waals surface area contributed by atoms with Gasteiger partial charge in [0.05, 0.1) is 16.8 Å². The van der Waals surface area contributed by atoms with Crippen molar-refractivity contribution in [2.45, 2.75) is 5.41 Å². The quantitative estimate of drug-likeness (QED) is 0.201. The van der Waals surface area contributed by atoms with Gasteiger partial charge in [-0.2, -0.15) is 0 Å². The number of aromatic nitrogens is 2. The molecule has 46 heavy (non-hydrogen) atoms. The Morgan fingerprint density at radius 3 is 1.63 bits per heavy atom. The van der Waals surface area contributed by atoms with Crippen LogP contribution in [0.15, 0.2) is 158 Å². The third-order valence-electron chi connectivity index (χ3n) is 9.71. The van der Waals surface area contributed by atoms with Gasteiger partial charge in [0.2, 0.25) is 0 Å². The summed E-state index contributed by atoms with van der Waals surface area (Å²) in [5, 5.41) is 1.33. The zero-order chi connectivity index (χ0) is 30.2. The monoisotopic (exact) mass is 602 g/mol. The summed E-state index contributed by atoms with van der Waals surface area (Å²) in [6.07, 6.45) is 0. The summed E-state index contributed by atoms with van der Waals surface area (Å²) in [6, 6.07) is 56.6. The Hall–Kier alpha value is -5.64. The highest BCUT2D eigenvalue weighted by Gasteiger charge is 2.53. The molecule has 0 fully saturated rings. The third-order valence-corrected chi connectivity index (χ3v) is 11.0. The molecule has 2 aromatic heterocycles. The van der Waals surface area contributed by atoms with Crippen LogP contribution >= 0.6 is 11.3 Å². The van der Waals surface area contributed by atoms with E-state index < -0.39 is 5.41 Å². The van der Waals surface area contributed by atoms with Crippen molar-refractivity contribution in [1.82, 2.24) is 9.97 Å². The van der Waals surface area contributed by atoms with Gasteiger partial charge in [-0.3, -0.25) is 0 Å². The molecule has 3 heteroatoms. The molecule has 2 aliphatic carbocycles. The van der Waals surface area contributed by atoms with Gasteiger partial charge in [-0.25, -0.2) is 9.97 Å². The number of thiophene rings is 1. The van der Waals surface area contributed by atoms with E-state index in [0.29, 0.717) is 0 Å². The molecule has 6 aromatic carbocycles. The van der Waals surface area contributed by atoms with Crippen molar-refractivity contribution >= 4 is 21.4 Å². The number of nitrogens with zero attached hydrogens (tertiary/aromatic N) is 2. The fourth-order valence-electron chi connectivity index (χ4n) is 7.86. The van der Waals surface area contributed by atoms with E-state index in [4.69, 9.17) is 9.97 Å². The van der Waals surface area contributed by atoms with E-state index in [1.165, 1.54) is 53.9 Å². The van der Waals surface area contributed by atoms with Gasteiger partial charge >= 0.3 is 0 Å². The van der Waals surface area contributed by atoms with E-state index in [9.17, 15) is 0 Å². The molecule has 0 N–H and O–H groups in total. The molecule has 2 nitrogen and oxygen atoms in total. The van der Waals surface area contributed by atoms with Crippen LogP contribution in [-0.4, -0.2) is 9.97 Å². The molecule has 214 valence electrons. The third kappa shape index (κ3) is 3.41. The Morgan fingerprint density at radius 2 is 0.957 bits per heavy atom. The summed E-state index contributed by atoms with van der Waals surface area (Å²) < 4.78 is 1.33. The predicted molar refractivity (Wildman–Crippen MR) is 190 cm³/mol. The molecule has 2 aliphatic rings. The zero-order valence-corrected chi connectivity index (χ0v) is 25.6. The standard InChI is InChI=1S/C43H26N2S/c1-3-14-27(15-4-1)36-26-37(28-16-5-2-6-17-28)45-42(44-36)32-21-13-24-35-39(32)29-18-7-10-22-33(29)43(35)34-23-11-8-19-30(34)40-31-20-9-12-25-38(31)46-41(40)43/h1-26H. The zero-order valence-electron chi connectivity index (χ0n) is 24.8. The summed E-state index contributed by atoms with van der Waals surface area (Å²) in [6.45, 7) is 0. The second kappa shape index (κ2) is 9.68. The smallest absolute Gasteiger partial charge is 0.161 e. The van der Waals surface area contributed by atoms with Crippen molar-refractivity contribution in [2.75, 3.05) is 0 Å². The normalized spacial score (nSPS) is 15.5. The SMILES string of the molecule is c1ccc(-c2cc(-c3ccccc3)nc(-c3cccc4c3-c3ccccc3C43c4ccccc4-c4c3sc3ccccc43)n2)cc1. The molecular formula is C43H26N2S. The lowest BCUT2D eigenvalue weighted by Gasteiger charge is -2.29. The van der Waals surface area contributed by atoms with E-state index in [2.05, 4.69) is 146 Å². The van der Waals surface area contributed by atoms with Crippen LogP contribution in [0.2, 0.25) is 0 Å². The molecule has 0 saturated carbocycles. The maximum absolute atomic E-state index is 5.28. The Bertz CT molecular complexity index is 2420. The Morgan fingerprint density at radius 1 is 0.435 bits per heavy atom. The molecule has 0 amide bonds. The lowest BCUT2D eigenvalue weighted by Crippen LogP contribution is -2.24. The Labute approximate surface area is 271 Å². The van der Waals surface area contributed by atoms with Crippen LogP contribution in [-0.2, 0) is 5.41 Å². The molecule has 1 unspecified atom stereocenters. The van der Waals surface area contributed by atoms with Crippen molar-refractivity contribution in [2.24, 2.45) is 0 Å². The first-order chi connectivity index (χ1) is 22.8. The van der Waals surface area contributed by atoms with Crippen LogP contribution in [0.1, 0.15) is 21.6 Å². The lowest BCUT2D eigenvalue weighted by molar-refractivity contribution is 0.812.